The van der Waals surface area contributed by atoms with Crippen molar-refractivity contribution in [2.24, 2.45) is 7.05 Å². The van der Waals surface area contributed by atoms with Crippen LogP contribution in [0.2, 0.25) is 0 Å². The Kier molecular flexibility index (Phi) is 3.49. The second kappa shape index (κ2) is 5.18. The Morgan fingerprint density at radius 1 is 1.48 bits per heavy atom. The topological polar surface area (TPSA) is 58.4 Å². The minimum atomic E-state index is -0.156. The van der Waals surface area contributed by atoms with Gasteiger partial charge in [-0.25, -0.2) is 0 Å². The van der Waals surface area contributed by atoms with Crippen molar-refractivity contribution in [3.63, 3.8) is 0 Å². The van der Waals surface area contributed by atoms with Gasteiger partial charge in [0.15, 0.2) is 0 Å². The third-order valence-corrected chi connectivity index (χ3v) is 4.55. The van der Waals surface area contributed by atoms with E-state index in [1.54, 1.807) is 28.9 Å². The molecule has 21 heavy (non-hydrogen) atoms. The molecule has 1 aliphatic rings. The summed E-state index contributed by atoms with van der Waals surface area (Å²) in [5.74, 6) is 0.313. The highest BCUT2D eigenvalue weighted by Crippen LogP contribution is 2.41. The van der Waals surface area contributed by atoms with Gasteiger partial charge in [-0.3, -0.25) is 9.48 Å². The van der Waals surface area contributed by atoms with E-state index in [1.165, 1.54) is 0 Å². The zero-order chi connectivity index (χ0) is 15.1. The summed E-state index contributed by atoms with van der Waals surface area (Å²) in [4.78, 5) is 14.5. The van der Waals surface area contributed by atoms with E-state index < -0.39 is 0 Å². The second-order valence-corrected chi connectivity index (χ2v) is 6.18. The number of aromatic hydroxyl groups is 1. The number of carbonyl (C=O) groups is 1. The Morgan fingerprint density at radius 2 is 2.24 bits per heavy atom. The molecule has 0 aliphatic carbocycles. The lowest BCUT2D eigenvalue weighted by Crippen LogP contribution is -2.37. The number of anilines is 1. The first-order valence-corrected chi connectivity index (χ1v) is 7.61. The van der Waals surface area contributed by atoms with Crippen LogP contribution in [0.4, 0.5) is 5.69 Å². The molecule has 0 bridgehead atoms. The molecular weight excluding hydrogens is 334 g/mol. The number of benzene rings is 1. The normalized spacial score (nSPS) is 17.7. The smallest absolute Gasteiger partial charge is 0.277 e. The Hall–Kier alpha value is -1.82. The maximum Gasteiger partial charge on any atom is 0.277 e. The summed E-state index contributed by atoms with van der Waals surface area (Å²) in [5.41, 5.74) is 2.11. The molecule has 0 spiro atoms. The maximum atomic E-state index is 12.8. The van der Waals surface area contributed by atoms with Crippen LogP contribution in [0.15, 0.2) is 28.9 Å². The third kappa shape index (κ3) is 2.23. The first-order chi connectivity index (χ1) is 10.0. The highest BCUT2D eigenvalue weighted by atomic mass is 79.9. The average molecular weight is 350 g/mol. The predicted molar refractivity (Wildman–Crippen MR) is 83.7 cm³/mol. The number of halogens is 1. The van der Waals surface area contributed by atoms with E-state index in [1.807, 2.05) is 12.1 Å². The SMILES string of the molecule is CC1CCN(C(=O)c2c(Br)cnn2C)c2c(O)cccc21. The van der Waals surface area contributed by atoms with Gasteiger partial charge >= 0.3 is 0 Å². The number of aryl methyl sites for hydroxylation is 1. The molecule has 5 nitrogen and oxygen atoms in total. The second-order valence-electron chi connectivity index (χ2n) is 5.33. The minimum Gasteiger partial charge on any atom is -0.506 e. The maximum absolute atomic E-state index is 12.8. The van der Waals surface area contributed by atoms with E-state index >= 15 is 0 Å². The van der Waals surface area contributed by atoms with Gasteiger partial charge in [0, 0.05) is 13.6 Å². The van der Waals surface area contributed by atoms with Crippen molar-refractivity contribution in [1.29, 1.82) is 0 Å². The molecule has 1 aromatic heterocycles. The van der Waals surface area contributed by atoms with Gasteiger partial charge in [0.1, 0.15) is 11.4 Å². The number of carbonyl (C=O) groups excluding carboxylic acids is 1. The summed E-state index contributed by atoms with van der Waals surface area (Å²) >= 11 is 3.36. The number of hydrogen-bond donors (Lipinski definition) is 1. The summed E-state index contributed by atoms with van der Waals surface area (Å²) in [6.45, 7) is 2.70. The van der Waals surface area contributed by atoms with Crippen molar-refractivity contribution in [3.8, 4) is 5.75 Å². The summed E-state index contributed by atoms with van der Waals surface area (Å²) in [7, 11) is 1.73. The number of fused-ring (bicyclic) bond motifs is 1. The number of phenols is 1. The molecule has 2 heterocycles. The number of phenolic OH excluding ortho intramolecular Hbond substituents is 1. The number of aromatic nitrogens is 2. The number of rotatable bonds is 1. The molecule has 1 aromatic carbocycles. The van der Waals surface area contributed by atoms with Gasteiger partial charge in [0.05, 0.1) is 16.4 Å². The Balaban J connectivity index is 2.10. The molecule has 0 fully saturated rings. The third-order valence-electron chi connectivity index (χ3n) is 3.97. The van der Waals surface area contributed by atoms with E-state index in [9.17, 15) is 9.90 Å². The standard InChI is InChI=1S/C15H16BrN3O2/c1-9-6-7-19(13-10(9)4-3-5-12(13)20)15(21)14-11(16)8-17-18(14)2/h3-5,8-9,20H,6-7H2,1-2H3. The number of para-hydroxylation sites is 1. The van der Waals surface area contributed by atoms with Crippen molar-refractivity contribution >= 4 is 27.5 Å². The van der Waals surface area contributed by atoms with Gasteiger partial charge < -0.3 is 10.0 Å². The zero-order valence-electron chi connectivity index (χ0n) is 11.9. The van der Waals surface area contributed by atoms with Crippen LogP contribution in [-0.2, 0) is 7.05 Å². The van der Waals surface area contributed by atoms with Crippen LogP contribution >= 0.6 is 15.9 Å². The van der Waals surface area contributed by atoms with E-state index in [0.717, 1.165) is 12.0 Å². The van der Waals surface area contributed by atoms with Crippen LogP contribution in [0, 0.1) is 0 Å². The Bertz CT molecular complexity index is 691. The van der Waals surface area contributed by atoms with Gasteiger partial charge in [0.2, 0.25) is 0 Å². The molecule has 110 valence electrons. The fourth-order valence-corrected chi connectivity index (χ4v) is 3.33. The van der Waals surface area contributed by atoms with Crippen LogP contribution in [0.1, 0.15) is 35.3 Å². The van der Waals surface area contributed by atoms with Gasteiger partial charge in [-0.15, -0.1) is 0 Å². The van der Waals surface area contributed by atoms with Crippen LogP contribution in [0.25, 0.3) is 0 Å². The van der Waals surface area contributed by atoms with E-state index in [4.69, 9.17) is 0 Å². The van der Waals surface area contributed by atoms with E-state index in [2.05, 4.69) is 28.0 Å². The first-order valence-electron chi connectivity index (χ1n) is 6.82. The van der Waals surface area contributed by atoms with Gasteiger partial charge in [0.25, 0.3) is 5.91 Å². The molecule has 1 atom stereocenters. The summed E-state index contributed by atoms with van der Waals surface area (Å²) in [6, 6.07) is 5.41. The molecule has 1 amide bonds. The van der Waals surface area contributed by atoms with Crippen LogP contribution in [0.5, 0.6) is 5.75 Å². The average Bonchev–Trinajstić information content (AvgIpc) is 2.79. The molecule has 0 saturated heterocycles. The van der Waals surface area contributed by atoms with Crippen LogP contribution in [0.3, 0.4) is 0 Å². The lowest BCUT2D eigenvalue weighted by Gasteiger charge is -2.33. The highest BCUT2D eigenvalue weighted by Gasteiger charge is 2.31. The van der Waals surface area contributed by atoms with Crippen LogP contribution in [-0.4, -0.2) is 27.3 Å². The molecule has 0 saturated carbocycles. The van der Waals surface area contributed by atoms with E-state index in [0.29, 0.717) is 28.3 Å². The monoisotopic (exact) mass is 349 g/mol. The van der Waals surface area contributed by atoms with Crippen molar-refractivity contribution in [3.05, 3.63) is 40.1 Å². The largest absolute Gasteiger partial charge is 0.506 e. The van der Waals surface area contributed by atoms with Gasteiger partial charge in [-0.05, 0) is 39.9 Å². The summed E-state index contributed by atoms with van der Waals surface area (Å²) in [6.07, 6.45) is 2.48. The number of nitrogens with zero attached hydrogens (tertiary/aromatic N) is 3. The van der Waals surface area contributed by atoms with Crippen molar-refractivity contribution < 1.29 is 9.90 Å². The molecule has 1 aliphatic heterocycles. The van der Waals surface area contributed by atoms with Crippen molar-refractivity contribution in [2.75, 3.05) is 11.4 Å². The first kappa shape index (κ1) is 14.1. The molecule has 1 unspecified atom stereocenters. The fourth-order valence-electron chi connectivity index (χ4n) is 2.81. The molecule has 2 aromatic rings. The fraction of sp³-hybridized carbons (Fsp3) is 0.333. The lowest BCUT2D eigenvalue weighted by atomic mass is 9.91. The van der Waals surface area contributed by atoms with Crippen molar-refractivity contribution in [2.45, 2.75) is 19.3 Å². The molecule has 3 rings (SSSR count). The molecule has 1 N–H and O–H groups in total. The summed E-state index contributed by atoms with van der Waals surface area (Å²) in [5, 5.41) is 14.3. The van der Waals surface area contributed by atoms with Gasteiger partial charge in [-0.1, -0.05) is 19.1 Å². The van der Waals surface area contributed by atoms with Gasteiger partial charge in [-0.2, -0.15) is 5.10 Å². The lowest BCUT2D eigenvalue weighted by molar-refractivity contribution is 0.0973. The molecular formula is C15H16BrN3O2. The molecule has 0 radical (unpaired) electrons. The van der Waals surface area contributed by atoms with Crippen molar-refractivity contribution in [1.82, 2.24) is 9.78 Å². The molecule has 6 heteroatoms. The Labute approximate surface area is 131 Å². The minimum absolute atomic E-state index is 0.144. The number of hydrogen-bond acceptors (Lipinski definition) is 3. The Morgan fingerprint density at radius 3 is 2.90 bits per heavy atom. The van der Waals surface area contributed by atoms with E-state index in [-0.39, 0.29) is 11.7 Å². The van der Waals surface area contributed by atoms with Crippen LogP contribution < -0.4 is 4.90 Å². The predicted octanol–water partition coefficient (Wildman–Crippen LogP) is 3.04. The zero-order valence-corrected chi connectivity index (χ0v) is 13.5. The number of amides is 1. The quantitative estimate of drug-likeness (QED) is 0.860. The summed E-state index contributed by atoms with van der Waals surface area (Å²) < 4.78 is 2.20. The highest BCUT2D eigenvalue weighted by molar-refractivity contribution is 9.10.